The molecule has 1 fully saturated rings. The van der Waals surface area contributed by atoms with Crippen LogP contribution in [0.3, 0.4) is 0 Å². The molecule has 1 aromatic carbocycles. The Balaban J connectivity index is 1.72. The van der Waals surface area contributed by atoms with E-state index in [2.05, 4.69) is 27.4 Å². The monoisotopic (exact) mass is 352 g/mol. The average molecular weight is 353 g/mol. The van der Waals surface area contributed by atoms with E-state index in [1.54, 1.807) is 0 Å². The van der Waals surface area contributed by atoms with Gasteiger partial charge in [0.1, 0.15) is 0 Å². The van der Waals surface area contributed by atoms with Crippen molar-refractivity contribution in [3.8, 4) is 0 Å². The standard InChI is InChI=1S/C18H29ClN4O/c1-2-20-18(22-14-15-6-3-4-7-17(15)19)21-10-5-11-23-12-8-16(24)9-13-23/h3-4,6-7,16,24H,2,5,8-14H2,1H3,(H2,20,21,22). The molecule has 3 N–H and O–H groups in total. The van der Waals surface area contributed by atoms with Crippen LogP contribution in [0, 0.1) is 0 Å². The molecule has 0 unspecified atom stereocenters. The van der Waals surface area contributed by atoms with Gasteiger partial charge in [-0.05, 0) is 44.4 Å². The van der Waals surface area contributed by atoms with Crippen LogP contribution in [0.25, 0.3) is 0 Å². The number of rotatable bonds is 7. The van der Waals surface area contributed by atoms with Gasteiger partial charge in [0.2, 0.25) is 0 Å². The molecular formula is C18H29ClN4O. The number of aliphatic hydroxyl groups is 1. The molecule has 0 aliphatic carbocycles. The predicted octanol–water partition coefficient (Wildman–Crippen LogP) is 2.24. The van der Waals surface area contributed by atoms with Gasteiger partial charge < -0.3 is 20.6 Å². The second-order valence-corrected chi connectivity index (χ2v) is 6.55. The molecule has 1 aromatic rings. The highest BCUT2D eigenvalue weighted by molar-refractivity contribution is 6.31. The topological polar surface area (TPSA) is 59.9 Å². The molecule has 24 heavy (non-hydrogen) atoms. The molecule has 0 amide bonds. The van der Waals surface area contributed by atoms with Gasteiger partial charge in [-0.2, -0.15) is 0 Å². The van der Waals surface area contributed by atoms with Crippen LogP contribution in [0.1, 0.15) is 31.7 Å². The summed E-state index contributed by atoms with van der Waals surface area (Å²) in [7, 11) is 0. The number of aliphatic imine (C=N–C) groups is 1. The number of piperidine rings is 1. The van der Waals surface area contributed by atoms with E-state index in [-0.39, 0.29) is 6.10 Å². The Kier molecular flexibility index (Phi) is 8.36. The number of nitrogens with zero attached hydrogens (tertiary/aromatic N) is 2. The van der Waals surface area contributed by atoms with Crippen molar-refractivity contribution >= 4 is 17.6 Å². The lowest BCUT2D eigenvalue weighted by Gasteiger charge is -2.29. The summed E-state index contributed by atoms with van der Waals surface area (Å²) in [6, 6.07) is 7.80. The third kappa shape index (κ3) is 6.67. The van der Waals surface area contributed by atoms with Gasteiger partial charge in [-0.15, -0.1) is 0 Å². The van der Waals surface area contributed by atoms with E-state index in [0.29, 0.717) is 6.54 Å². The maximum absolute atomic E-state index is 9.53. The van der Waals surface area contributed by atoms with Gasteiger partial charge in [0, 0.05) is 31.2 Å². The predicted molar refractivity (Wildman–Crippen MR) is 101 cm³/mol. The van der Waals surface area contributed by atoms with Gasteiger partial charge in [0.05, 0.1) is 12.6 Å². The number of likely N-dealkylation sites (tertiary alicyclic amines) is 1. The molecule has 2 rings (SSSR count). The van der Waals surface area contributed by atoms with Crippen LogP contribution in [0.15, 0.2) is 29.3 Å². The van der Waals surface area contributed by atoms with E-state index in [4.69, 9.17) is 11.6 Å². The smallest absolute Gasteiger partial charge is 0.191 e. The van der Waals surface area contributed by atoms with Crippen molar-refractivity contribution in [2.45, 2.75) is 38.8 Å². The first-order valence-electron chi connectivity index (χ1n) is 8.85. The fourth-order valence-corrected chi connectivity index (χ4v) is 2.98. The first kappa shape index (κ1) is 19.0. The molecule has 0 radical (unpaired) electrons. The zero-order chi connectivity index (χ0) is 17.2. The number of halogens is 1. The molecule has 0 atom stereocenters. The lowest BCUT2D eigenvalue weighted by molar-refractivity contribution is 0.0823. The first-order chi connectivity index (χ1) is 11.7. The molecule has 1 aliphatic heterocycles. The van der Waals surface area contributed by atoms with Crippen molar-refractivity contribution in [3.63, 3.8) is 0 Å². The van der Waals surface area contributed by atoms with Crippen LogP contribution in [0.2, 0.25) is 5.02 Å². The van der Waals surface area contributed by atoms with Crippen LogP contribution in [0.5, 0.6) is 0 Å². The SMILES string of the molecule is CCNC(=NCc1ccccc1Cl)NCCCN1CCC(O)CC1. The molecule has 1 aliphatic rings. The molecule has 5 nitrogen and oxygen atoms in total. The molecular weight excluding hydrogens is 324 g/mol. The van der Waals surface area contributed by atoms with Crippen molar-refractivity contribution in [2.75, 3.05) is 32.7 Å². The Morgan fingerprint density at radius 2 is 2.04 bits per heavy atom. The van der Waals surface area contributed by atoms with Crippen LogP contribution in [-0.2, 0) is 6.54 Å². The van der Waals surface area contributed by atoms with E-state index in [1.807, 2.05) is 24.3 Å². The quantitative estimate of drug-likeness (QED) is 0.400. The highest BCUT2D eigenvalue weighted by Crippen LogP contribution is 2.15. The summed E-state index contributed by atoms with van der Waals surface area (Å²) in [4.78, 5) is 7.02. The average Bonchev–Trinajstić information content (AvgIpc) is 2.59. The fourth-order valence-electron chi connectivity index (χ4n) is 2.78. The summed E-state index contributed by atoms with van der Waals surface area (Å²) in [5, 5.41) is 16.9. The summed E-state index contributed by atoms with van der Waals surface area (Å²) in [6.07, 6.45) is 2.76. The van der Waals surface area contributed by atoms with Gasteiger partial charge in [-0.25, -0.2) is 4.99 Å². The third-order valence-corrected chi connectivity index (χ3v) is 4.58. The van der Waals surface area contributed by atoms with Crippen molar-refractivity contribution < 1.29 is 5.11 Å². The lowest BCUT2D eigenvalue weighted by atomic mass is 10.1. The zero-order valence-electron chi connectivity index (χ0n) is 14.5. The second kappa shape index (κ2) is 10.5. The van der Waals surface area contributed by atoms with Gasteiger partial charge in [0.15, 0.2) is 5.96 Å². The number of benzene rings is 1. The normalized spacial score (nSPS) is 17.0. The summed E-state index contributed by atoms with van der Waals surface area (Å²) in [5.41, 5.74) is 1.03. The number of hydrogen-bond acceptors (Lipinski definition) is 3. The zero-order valence-corrected chi connectivity index (χ0v) is 15.2. The van der Waals surface area contributed by atoms with E-state index in [1.165, 1.54) is 0 Å². The number of aliphatic hydroxyl groups excluding tert-OH is 1. The second-order valence-electron chi connectivity index (χ2n) is 6.14. The molecule has 6 heteroatoms. The van der Waals surface area contributed by atoms with Crippen molar-refractivity contribution in [3.05, 3.63) is 34.9 Å². The molecule has 0 aromatic heterocycles. The van der Waals surface area contributed by atoms with Gasteiger partial charge >= 0.3 is 0 Å². The van der Waals surface area contributed by atoms with E-state index in [0.717, 1.165) is 68.5 Å². The summed E-state index contributed by atoms with van der Waals surface area (Å²) in [5.74, 6) is 0.825. The van der Waals surface area contributed by atoms with Crippen molar-refractivity contribution in [1.29, 1.82) is 0 Å². The highest BCUT2D eigenvalue weighted by atomic mass is 35.5. The Bertz CT molecular complexity index is 515. The molecule has 1 saturated heterocycles. The third-order valence-electron chi connectivity index (χ3n) is 4.21. The van der Waals surface area contributed by atoms with Crippen molar-refractivity contribution in [1.82, 2.24) is 15.5 Å². The maximum Gasteiger partial charge on any atom is 0.191 e. The van der Waals surface area contributed by atoms with E-state index >= 15 is 0 Å². The van der Waals surface area contributed by atoms with Crippen molar-refractivity contribution in [2.24, 2.45) is 4.99 Å². The van der Waals surface area contributed by atoms with Crippen LogP contribution >= 0.6 is 11.6 Å². The Morgan fingerprint density at radius 1 is 1.29 bits per heavy atom. The van der Waals surface area contributed by atoms with Gasteiger partial charge in [-0.3, -0.25) is 0 Å². The molecule has 1 heterocycles. The largest absolute Gasteiger partial charge is 0.393 e. The van der Waals surface area contributed by atoms with Crippen LogP contribution < -0.4 is 10.6 Å². The lowest BCUT2D eigenvalue weighted by Crippen LogP contribution is -2.40. The van der Waals surface area contributed by atoms with Crippen LogP contribution in [-0.4, -0.2) is 54.8 Å². The van der Waals surface area contributed by atoms with Gasteiger partial charge in [-0.1, -0.05) is 29.8 Å². The summed E-state index contributed by atoms with van der Waals surface area (Å²) < 4.78 is 0. The number of guanidine groups is 1. The van der Waals surface area contributed by atoms with Crippen LogP contribution in [0.4, 0.5) is 0 Å². The highest BCUT2D eigenvalue weighted by Gasteiger charge is 2.15. The van der Waals surface area contributed by atoms with Gasteiger partial charge in [0.25, 0.3) is 0 Å². The molecule has 0 spiro atoms. The summed E-state index contributed by atoms with van der Waals surface area (Å²) in [6.45, 7) is 7.41. The Labute approximate surface area is 150 Å². The Morgan fingerprint density at radius 3 is 2.75 bits per heavy atom. The molecule has 0 saturated carbocycles. The van der Waals surface area contributed by atoms with E-state index in [9.17, 15) is 5.11 Å². The minimum atomic E-state index is -0.100. The molecule has 0 bridgehead atoms. The molecule has 134 valence electrons. The maximum atomic E-state index is 9.53. The number of hydrogen-bond donors (Lipinski definition) is 3. The summed E-state index contributed by atoms with van der Waals surface area (Å²) >= 11 is 6.17. The minimum absolute atomic E-state index is 0.100. The Hall–Kier alpha value is -1.30. The minimum Gasteiger partial charge on any atom is -0.393 e. The number of nitrogens with one attached hydrogen (secondary N) is 2. The first-order valence-corrected chi connectivity index (χ1v) is 9.23. The fraction of sp³-hybridized carbons (Fsp3) is 0.611. The van der Waals surface area contributed by atoms with E-state index < -0.39 is 0 Å².